The lowest BCUT2D eigenvalue weighted by molar-refractivity contribution is -0.137. The van der Waals surface area contributed by atoms with E-state index in [-0.39, 0.29) is 24.5 Å². The number of hydrogen-bond acceptors (Lipinski definition) is 7. The lowest BCUT2D eigenvalue weighted by Gasteiger charge is -2.21. The molecule has 3 N–H and O–H groups in total. The molecule has 0 bridgehead atoms. The maximum absolute atomic E-state index is 13.8. The lowest BCUT2D eigenvalue weighted by atomic mass is 10.0. The highest BCUT2D eigenvalue weighted by Crippen LogP contribution is 2.38. The van der Waals surface area contributed by atoms with Crippen LogP contribution in [0.15, 0.2) is 41.2 Å². The highest BCUT2D eigenvalue weighted by atomic mass is 19.4. The van der Waals surface area contributed by atoms with Crippen LogP contribution in [0, 0.1) is 0 Å². The number of rotatable bonds is 6. The first-order valence-electron chi connectivity index (χ1n) is 11.4. The van der Waals surface area contributed by atoms with Crippen molar-refractivity contribution in [1.82, 2.24) is 9.78 Å². The summed E-state index contributed by atoms with van der Waals surface area (Å²) in [5.74, 6) is 0.903. The number of anilines is 2. The van der Waals surface area contributed by atoms with Gasteiger partial charge >= 0.3 is 6.18 Å². The molecule has 1 aromatic heterocycles. The first-order chi connectivity index (χ1) is 17.2. The third kappa shape index (κ3) is 5.11. The van der Waals surface area contributed by atoms with E-state index in [4.69, 9.17) is 15.2 Å². The average Bonchev–Trinajstić information content (AvgIpc) is 3.29. The minimum atomic E-state index is -4.74. The summed E-state index contributed by atoms with van der Waals surface area (Å²) in [5.41, 5.74) is 5.16. The fourth-order valence-corrected chi connectivity index (χ4v) is 4.12. The number of methoxy groups -OCH3 is 2. The number of aliphatic hydroxyl groups is 1. The van der Waals surface area contributed by atoms with E-state index in [9.17, 15) is 23.1 Å². The number of nitrogens with zero attached hydrogens (tertiary/aromatic N) is 3. The molecule has 1 aliphatic heterocycles. The second-order valence-corrected chi connectivity index (χ2v) is 7.73. The summed E-state index contributed by atoms with van der Waals surface area (Å²) in [4.78, 5) is 15.1. The van der Waals surface area contributed by atoms with Gasteiger partial charge in [-0.05, 0) is 36.8 Å². The van der Waals surface area contributed by atoms with E-state index in [1.54, 1.807) is 23.1 Å². The number of aliphatic hydroxyl groups excluding tert-OH is 1. The van der Waals surface area contributed by atoms with Crippen molar-refractivity contribution in [3.8, 4) is 28.4 Å². The van der Waals surface area contributed by atoms with Crippen molar-refractivity contribution >= 4 is 11.4 Å². The number of fused-ring (bicyclic) bond motifs is 1. The third-order valence-corrected chi connectivity index (χ3v) is 5.66. The van der Waals surface area contributed by atoms with E-state index in [1.165, 1.54) is 14.2 Å². The number of halogens is 3. The first-order valence-corrected chi connectivity index (χ1v) is 11.4. The molecule has 0 radical (unpaired) electrons. The van der Waals surface area contributed by atoms with E-state index in [0.717, 1.165) is 22.9 Å². The quantitative estimate of drug-likeness (QED) is 0.489. The van der Waals surface area contributed by atoms with Crippen LogP contribution in [-0.4, -0.2) is 48.8 Å². The molecule has 4 rings (SSSR count). The number of hydrogen-bond donors (Lipinski definition) is 2. The average molecular weight is 507 g/mol. The Bertz CT molecular complexity index is 1270. The number of nitrogen functional groups attached to an aromatic ring is 1. The van der Waals surface area contributed by atoms with Gasteiger partial charge in [-0.25, -0.2) is 0 Å². The molecule has 0 fully saturated rings. The van der Waals surface area contributed by atoms with Gasteiger partial charge in [-0.2, -0.15) is 23.0 Å². The second-order valence-electron chi connectivity index (χ2n) is 7.73. The molecule has 0 atom stereocenters. The largest absolute Gasteiger partial charge is 0.497 e. The van der Waals surface area contributed by atoms with Crippen LogP contribution < -0.4 is 25.7 Å². The predicted molar refractivity (Wildman–Crippen MR) is 132 cm³/mol. The van der Waals surface area contributed by atoms with Crippen LogP contribution in [0.3, 0.4) is 0 Å². The van der Waals surface area contributed by atoms with Gasteiger partial charge < -0.3 is 25.2 Å². The van der Waals surface area contributed by atoms with E-state index < -0.39 is 23.0 Å². The Hall–Kier alpha value is -3.73. The number of β-amino-alcohol motifs (C(OH)–C–C–N with tert-alkyl or cyclic N) is 1. The fraction of sp³-hybridized carbons (Fsp3) is 0.360. The summed E-state index contributed by atoms with van der Waals surface area (Å²) < 4.78 is 52.9. The number of alkyl halides is 3. The van der Waals surface area contributed by atoms with Gasteiger partial charge in [-0.3, -0.25) is 4.79 Å². The Morgan fingerprint density at radius 2 is 1.72 bits per heavy atom. The van der Waals surface area contributed by atoms with E-state index in [1.807, 2.05) is 13.8 Å². The molecule has 0 amide bonds. The highest BCUT2D eigenvalue weighted by molar-refractivity contribution is 5.75. The zero-order valence-electron chi connectivity index (χ0n) is 20.5. The van der Waals surface area contributed by atoms with Gasteiger partial charge in [0.25, 0.3) is 5.56 Å². The summed E-state index contributed by atoms with van der Waals surface area (Å²) in [5, 5.41) is 13.9. The summed E-state index contributed by atoms with van der Waals surface area (Å²) in [6.07, 6.45) is -4.32. The predicted octanol–water partition coefficient (Wildman–Crippen LogP) is 3.90. The number of ether oxygens (including phenoxy) is 2. The van der Waals surface area contributed by atoms with Crippen molar-refractivity contribution in [1.29, 1.82) is 0 Å². The molecule has 3 aromatic rings. The Morgan fingerprint density at radius 3 is 2.28 bits per heavy atom. The number of aromatic nitrogens is 2. The molecule has 36 heavy (non-hydrogen) atoms. The second kappa shape index (κ2) is 10.9. The van der Waals surface area contributed by atoms with Gasteiger partial charge in [0, 0.05) is 36.0 Å². The van der Waals surface area contributed by atoms with Crippen LogP contribution in [-0.2, 0) is 12.6 Å². The van der Waals surface area contributed by atoms with Gasteiger partial charge in [0.15, 0.2) is 0 Å². The smallest absolute Gasteiger partial charge is 0.418 e. The zero-order chi connectivity index (χ0) is 26.6. The van der Waals surface area contributed by atoms with Crippen LogP contribution in [0.4, 0.5) is 24.5 Å². The summed E-state index contributed by atoms with van der Waals surface area (Å²) in [7, 11) is 2.95. The van der Waals surface area contributed by atoms with Crippen LogP contribution in [0.25, 0.3) is 16.9 Å². The highest BCUT2D eigenvalue weighted by Gasteiger charge is 2.36. The van der Waals surface area contributed by atoms with E-state index >= 15 is 0 Å². The molecule has 8 nitrogen and oxygen atoms in total. The van der Waals surface area contributed by atoms with Crippen LogP contribution >= 0.6 is 0 Å². The first kappa shape index (κ1) is 26.9. The molecule has 0 saturated carbocycles. The maximum atomic E-state index is 13.8. The Kier molecular flexibility index (Phi) is 8.13. The van der Waals surface area contributed by atoms with E-state index in [0.29, 0.717) is 41.3 Å². The molecular formula is C25H29F3N4O4. The standard InChI is InChI=1S/C23H23F3N4O4.C2H6/c1-33-15-9-13(10-16(12-15)34-2)20-17-5-6-29(7-8-31)21(17)22(32)30(28-20)19-11-14(27)3-4-18(19)23(24,25)26;1-2/h3-4,9-12,31H,5-8,27H2,1-2H3;1-2H3. The Labute approximate surface area is 206 Å². The van der Waals surface area contributed by atoms with Gasteiger partial charge in [0.2, 0.25) is 0 Å². The van der Waals surface area contributed by atoms with Crippen LogP contribution in [0.2, 0.25) is 0 Å². The van der Waals surface area contributed by atoms with Crippen molar-refractivity contribution in [2.75, 3.05) is 44.5 Å². The zero-order valence-corrected chi connectivity index (χ0v) is 20.5. The molecule has 11 heteroatoms. The van der Waals surface area contributed by atoms with Crippen LogP contribution in [0.1, 0.15) is 25.0 Å². The van der Waals surface area contributed by atoms with Crippen molar-refractivity contribution in [3.05, 3.63) is 57.9 Å². The van der Waals surface area contributed by atoms with Gasteiger partial charge in [-0.1, -0.05) is 13.8 Å². The maximum Gasteiger partial charge on any atom is 0.418 e. The molecule has 0 unspecified atom stereocenters. The van der Waals surface area contributed by atoms with Crippen LogP contribution in [0.5, 0.6) is 11.5 Å². The summed E-state index contributed by atoms with van der Waals surface area (Å²) in [6.45, 7) is 4.33. The van der Waals surface area contributed by atoms with E-state index in [2.05, 4.69) is 5.10 Å². The summed E-state index contributed by atoms with van der Waals surface area (Å²) >= 11 is 0. The minimum Gasteiger partial charge on any atom is -0.497 e. The molecule has 0 saturated heterocycles. The summed E-state index contributed by atoms with van der Waals surface area (Å²) in [6, 6.07) is 8.00. The molecule has 0 spiro atoms. The van der Waals surface area contributed by atoms with Gasteiger partial charge in [-0.15, -0.1) is 0 Å². The van der Waals surface area contributed by atoms with Crippen molar-refractivity contribution in [2.24, 2.45) is 0 Å². The fourth-order valence-electron chi connectivity index (χ4n) is 4.12. The molecule has 1 aliphatic rings. The number of benzene rings is 2. The van der Waals surface area contributed by atoms with Crippen molar-refractivity contribution in [2.45, 2.75) is 26.4 Å². The third-order valence-electron chi connectivity index (χ3n) is 5.66. The van der Waals surface area contributed by atoms with Crippen molar-refractivity contribution in [3.63, 3.8) is 0 Å². The van der Waals surface area contributed by atoms with Crippen molar-refractivity contribution < 1.29 is 27.8 Å². The normalized spacial score (nSPS) is 12.6. The molecule has 2 heterocycles. The topological polar surface area (TPSA) is 103 Å². The Balaban J connectivity index is 0.00000176. The molecule has 0 aliphatic carbocycles. The molecule has 2 aromatic carbocycles. The monoisotopic (exact) mass is 506 g/mol. The molecule has 194 valence electrons. The lowest BCUT2D eigenvalue weighted by Crippen LogP contribution is -2.33. The van der Waals surface area contributed by atoms with Gasteiger partial charge in [0.05, 0.1) is 37.8 Å². The molecular weight excluding hydrogens is 477 g/mol. The Morgan fingerprint density at radius 1 is 1.08 bits per heavy atom. The SMILES string of the molecule is CC.COc1cc(OC)cc(-c2nn(-c3cc(N)ccc3C(F)(F)F)c(=O)c3c2CCN3CCO)c1. The minimum absolute atomic E-state index is 0.0500. The number of nitrogens with two attached hydrogens (primary N) is 1. The van der Waals surface area contributed by atoms with Gasteiger partial charge in [0.1, 0.15) is 17.2 Å².